The lowest BCUT2D eigenvalue weighted by molar-refractivity contribution is 0.0944. The summed E-state index contributed by atoms with van der Waals surface area (Å²) in [5.41, 5.74) is 1.21. The van der Waals surface area contributed by atoms with Gasteiger partial charge in [0.1, 0.15) is 0 Å². The number of carbonyl (C=O) groups excluding carboxylic acids is 1. The molecule has 0 spiro atoms. The lowest BCUT2D eigenvalue weighted by Crippen LogP contribution is -2.15. The van der Waals surface area contributed by atoms with Crippen LogP contribution in [0.25, 0.3) is 11.4 Å². The highest BCUT2D eigenvalue weighted by Crippen LogP contribution is 2.35. The second-order valence-electron chi connectivity index (χ2n) is 5.72. The first kappa shape index (κ1) is 16.1. The van der Waals surface area contributed by atoms with Gasteiger partial charge in [-0.3, -0.25) is 4.79 Å². The van der Waals surface area contributed by atoms with Crippen LogP contribution in [0.2, 0.25) is 0 Å². The molecule has 0 saturated carbocycles. The van der Waals surface area contributed by atoms with Crippen LogP contribution in [0.5, 0.6) is 17.5 Å². The monoisotopic (exact) mass is 351 g/mol. The molecule has 3 aromatic rings. The first-order chi connectivity index (χ1) is 12.8. The highest BCUT2D eigenvalue weighted by atomic mass is 16.7. The van der Waals surface area contributed by atoms with Crippen molar-refractivity contribution < 1.29 is 19.0 Å². The standard InChI is InChI=1S/C19H17N3O4/c1-2-10-24-19-20-17(14-8-9-15-16(11-14)26-12-25-15)22(21-19)18(23)13-6-4-3-5-7-13/h3-9,11H,2,10,12H2,1H3. The van der Waals surface area contributed by atoms with Crippen LogP contribution < -0.4 is 14.2 Å². The molecule has 0 aliphatic carbocycles. The lowest BCUT2D eigenvalue weighted by Gasteiger charge is -2.05. The maximum absolute atomic E-state index is 12.9. The van der Waals surface area contributed by atoms with E-state index in [-0.39, 0.29) is 18.7 Å². The molecule has 0 fully saturated rings. The number of hydrogen-bond acceptors (Lipinski definition) is 6. The summed E-state index contributed by atoms with van der Waals surface area (Å²) in [5.74, 6) is 1.39. The molecule has 1 aliphatic heterocycles. The molecule has 0 atom stereocenters. The smallest absolute Gasteiger partial charge is 0.336 e. The molecule has 1 aliphatic rings. The topological polar surface area (TPSA) is 75.5 Å². The van der Waals surface area contributed by atoms with Gasteiger partial charge in [0.2, 0.25) is 6.79 Å². The van der Waals surface area contributed by atoms with Gasteiger partial charge in [-0.05, 0) is 36.8 Å². The molecule has 0 unspecified atom stereocenters. The Kier molecular flexibility index (Phi) is 4.27. The molecule has 0 radical (unpaired) electrons. The Balaban J connectivity index is 1.77. The SMILES string of the molecule is CCCOc1nc(-c2ccc3c(c2)OCO3)n(C(=O)c2ccccc2)n1. The van der Waals surface area contributed by atoms with E-state index in [2.05, 4.69) is 10.1 Å². The summed E-state index contributed by atoms with van der Waals surface area (Å²) >= 11 is 0. The molecule has 0 saturated heterocycles. The zero-order valence-electron chi connectivity index (χ0n) is 14.2. The summed E-state index contributed by atoms with van der Waals surface area (Å²) in [6, 6.07) is 14.5. The summed E-state index contributed by atoms with van der Waals surface area (Å²) in [5, 5.41) is 4.26. The van der Waals surface area contributed by atoms with Crippen LogP contribution in [-0.4, -0.2) is 34.1 Å². The van der Waals surface area contributed by atoms with Gasteiger partial charge in [-0.25, -0.2) is 0 Å². The Morgan fingerprint density at radius 3 is 2.77 bits per heavy atom. The molecule has 132 valence electrons. The first-order valence-electron chi connectivity index (χ1n) is 8.36. The fraction of sp³-hybridized carbons (Fsp3) is 0.211. The molecule has 4 rings (SSSR count). The highest BCUT2D eigenvalue weighted by Gasteiger charge is 2.22. The fourth-order valence-corrected chi connectivity index (χ4v) is 2.61. The van der Waals surface area contributed by atoms with Crippen LogP contribution in [0.3, 0.4) is 0 Å². The Morgan fingerprint density at radius 1 is 1.15 bits per heavy atom. The average molecular weight is 351 g/mol. The third-order valence-corrected chi connectivity index (χ3v) is 3.87. The molecule has 2 heterocycles. The number of fused-ring (bicyclic) bond motifs is 1. The second kappa shape index (κ2) is 6.87. The third-order valence-electron chi connectivity index (χ3n) is 3.87. The Bertz CT molecular complexity index is 937. The van der Waals surface area contributed by atoms with Gasteiger partial charge < -0.3 is 14.2 Å². The minimum atomic E-state index is -0.280. The van der Waals surface area contributed by atoms with Gasteiger partial charge in [0.15, 0.2) is 17.3 Å². The van der Waals surface area contributed by atoms with Crippen molar-refractivity contribution in [3.63, 3.8) is 0 Å². The Hall–Kier alpha value is -3.35. The number of aromatic nitrogens is 3. The predicted octanol–water partition coefficient (Wildman–Crippen LogP) is 3.15. The summed E-state index contributed by atoms with van der Waals surface area (Å²) in [6.07, 6.45) is 0.820. The average Bonchev–Trinajstić information content (AvgIpc) is 3.32. The molecule has 0 bridgehead atoms. The van der Waals surface area contributed by atoms with Gasteiger partial charge in [0.25, 0.3) is 5.91 Å². The zero-order chi connectivity index (χ0) is 17.9. The van der Waals surface area contributed by atoms with Crippen LogP contribution in [0.15, 0.2) is 48.5 Å². The second-order valence-corrected chi connectivity index (χ2v) is 5.72. The Labute approximate surface area is 150 Å². The Morgan fingerprint density at radius 2 is 1.96 bits per heavy atom. The van der Waals surface area contributed by atoms with Crippen molar-refractivity contribution in [3.8, 4) is 28.9 Å². The van der Waals surface area contributed by atoms with E-state index in [4.69, 9.17) is 14.2 Å². The number of rotatable bonds is 5. The molecule has 2 aromatic carbocycles. The van der Waals surface area contributed by atoms with Crippen LogP contribution >= 0.6 is 0 Å². The molecule has 1 aromatic heterocycles. The maximum Gasteiger partial charge on any atom is 0.336 e. The first-order valence-corrected chi connectivity index (χ1v) is 8.36. The predicted molar refractivity (Wildman–Crippen MR) is 93.5 cm³/mol. The van der Waals surface area contributed by atoms with Crippen LogP contribution in [0.1, 0.15) is 23.7 Å². The maximum atomic E-state index is 12.9. The fourth-order valence-electron chi connectivity index (χ4n) is 2.61. The summed E-state index contributed by atoms with van der Waals surface area (Å²) < 4.78 is 17.5. The van der Waals surface area contributed by atoms with E-state index in [1.54, 1.807) is 36.4 Å². The normalized spacial score (nSPS) is 12.2. The number of ether oxygens (including phenoxy) is 3. The zero-order valence-corrected chi connectivity index (χ0v) is 14.2. The summed E-state index contributed by atoms with van der Waals surface area (Å²) in [4.78, 5) is 17.3. The molecular formula is C19H17N3O4. The van der Waals surface area contributed by atoms with Gasteiger partial charge in [-0.1, -0.05) is 25.1 Å². The summed E-state index contributed by atoms with van der Waals surface area (Å²) in [7, 11) is 0. The van der Waals surface area contributed by atoms with Gasteiger partial charge in [-0.2, -0.15) is 9.67 Å². The molecule has 26 heavy (non-hydrogen) atoms. The van der Waals surface area contributed by atoms with Crippen molar-refractivity contribution in [1.82, 2.24) is 14.8 Å². The molecular weight excluding hydrogens is 334 g/mol. The van der Waals surface area contributed by atoms with Gasteiger partial charge in [0, 0.05) is 11.1 Å². The number of nitrogens with zero attached hydrogens (tertiary/aromatic N) is 3. The van der Waals surface area contributed by atoms with Gasteiger partial charge in [-0.15, -0.1) is 5.10 Å². The van der Waals surface area contributed by atoms with Gasteiger partial charge >= 0.3 is 6.01 Å². The number of benzene rings is 2. The van der Waals surface area contributed by atoms with Crippen molar-refractivity contribution in [3.05, 3.63) is 54.1 Å². The van der Waals surface area contributed by atoms with E-state index in [9.17, 15) is 4.79 Å². The van der Waals surface area contributed by atoms with Crippen molar-refractivity contribution in [2.75, 3.05) is 13.4 Å². The van der Waals surface area contributed by atoms with Crippen molar-refractivity contribution in [2.45, 2.75) is 13.3 Å². The quantitative estimate of drug-likeness (QED) is 0.703. The van der Waals surface area contributed by atoms with Crippen LogP contribution in [0.4, 0.5) is 0 Å². The van der Waals surface area contributed by atoms with E-state index in [1.807, 2.05) is 19.1 Å². The summed E-state index contributed by atoms with van der Waals surface area (Å²) in [6.45, 7) is 2.65. The number of carbonyl (C=O) groups is 1. The van der Waals surface area contributed by atoms with Crippen molar-refractivity contribution >= 4 is 5.91 Å². The van der Waals surface area contributed by atoms with Gasteiger partial charge in [0.05, 0.1) is 6.61 Å². The van der Waals surface area contributed by atoms with Crippen LogP contribution in [-0.2, 0) is 0 Å². The number of hydrogen-bond donors (Lipinski definition) is 0. The van der Waals surface area contributed by atoms with E-state index in [0.29, 0.717) is 35.1 Å². The third kappa shape index (κ3) is 2.99. The van der Waals surface area contributed by atoms with E-state index >= 15 is 0 Å². The minimum absolute atomic E-state index is 0.170. The van der Waals surface area contributed by atoms with Crippen molar-refractivity contribution in [2.24, 2.45) is 0 Å². The molecule has 0 amide bonds. The highest BCUT2D eigenvalue weighted by molar-refractivity contribution is 5.97. The van der Waals surface area contributed by atoms with E-state index in [0.717, 1.165) is 6.42 Å². The molecule has 7 heteroatoms. The molecule has 7 nitrogen and oxygen atoms in total. The van der Waals surface area contributed by atoms with E-state index < -0.39 is 0 Å². The van der Waals surface area contributed by atoms with Crippen LogP contribution in [0, 0.1) is 0 Å². The van der Waals surface area contributed by atoms with E-state index in [1.165, 1.54) is 4.68 Å². The van der Waals surface area contributed by atoms with Crippen molar-refractivity contribution in [1.29, 1.82) is 0 Å². The largest absolute Gasteiger partial charge is 0.462 e. The molecule has 0 N–H and O–H groups in total. The lowest BCUT2D eigenvalue weighted by atomic mass is 10.1. The minimum Gasteiger partial charge on any atom is -0.462 e.